The summed E-state index contributed by atoms with van der Waals surface area (Å²) >= 11 is 0.736. The number of hydrogen-bond donors (Lipinski definition) is 0. The molecule has 1 aromatic heterocycles. The highest BCUT2D eigenvalue weighted by atomic mass is 32.2. The summed E-state index contributed by atoms with van der Waals surface area (Å²) in [5, 5.41) is -0.546. The number of amides is 2. The minimum atomic E-state index is -1.01. The topological polar surface area (TPSA) is 68.6 Å². The van der Waals surface area contributed by atoms with Crippen LogP contribution < -0.4 is 0 Å². The zero-order valence-electron chi connectivity index (χ0n) is 14.7. The lowest BCUT2D eigenvalue weighted by molar-refractivity contribution is -0.150. The Morgan fingerprint density at radius 2 is 2.00 bits per heavy atom. The molecule has 1 fully saturated rings. The fourth-order valence-electron chi connectivity index (χ4n) is 2.69. The van der Waals surface area contributed by atoms with Crippen LogP contribution in [0.15, 0.2) is 47.5 Å². The maximum atomic E-state index is 14.1. The number of aromatic nitrogens is 1. The molecule has 27 heavy (non-hydrogen) atoms. The second kappa shape index (κ2) is 7.79. The van der Waals surface area contributed by atoms with Gasteiger partial charge in [-0.05, 0) is 56.0 Å². The molecule has 6 nitrogen and oxygen atoms in total. The number of esters is 1. The Kier molecular flexibility index (Phi) is 5.46. The Bertz CT molecular complexity index is 937. The first kappa shape index (κ1) is 18.9. The normalized spacial score (nSPS) is 16.9. The fourth-order valence-corrected chi connectivity index (χ4v) is 3.59. The molecule has 0 bridgehead atoms. The van der Waals surface area contributed by atoms with E-state index in [1.165, 1.54) is 19.1 Å². The number of imide groups is 1. The first-order chi connectivity index (χ1) is 12.9. The van der Waals surface area contributed by atoms with E-state index in [0.29, 0.717) is 11.4 Å². The van der Waals surface area contributed by atoms with Crippen molar-refractivity contribution >= 4 is 35.0 Å². The van der Waals surface area contributed by atoms with E-state index in [-0.39, 0.29) is 11.5 Å². The lowest BCUT2D eigenvalue weighted by Gasteiger charge is -2.19. The van der Waals surface area contributed by atoms with Crippen LogP contribution in [0.4, 0.5) is 9.18 Å². The van der Waals surface area contributed by atoms with Crippen molar-refractivity contribution in [3.63, 3.8) is 0 Å². The van der Waals surface area contributed by atoms with E-state index in [2.05, 4.69) is 0 Å². The number of carbonyl (C=O) groups excluding carboxylic acids is 3. The van der Waals surface area contributed by atoms with E-state index < -0.39 is 29.0 Å². The van der Waals surface area contributed by atoms with Gasteiger partial charge in [0.25, 0.3) is 11.1 Å². The summed E-state index contributed by atoms with van der Waals surface area (Å²) in [7, 11) is 0. The zero-order valence-corrected chi connectivity index (χ0v) is 15.5. The van der Waals surface area contributed by atoms with Crippen LogP contribution in [0.2, 0.25) is 0 Å². The lowest BCUT2D eigenvalue weighted by atomic mass is 10.2. The van der Waals surface area contributed by atoms with Crippen molar-refractivity contribution in [2.75, 3.05) is 6.61 Å². The average Bonchev–Trinajstić information content (AvgIpc) is 3.20. The Labute approximate surface area is 159 Å². The predicted octanol–water partition coefficient (Wildman–Crippen LogP) is 3.60. The van der Waals surface area contributed by atoms with Crippen LogP contribution in [0.25, 0.3) is 11.8 Å². The van der Waals surface area contributed by atoms with Gasteiger partial charge in [0.2, 0.25) is 0 Å². The molecule has 140 valence electrons. The third kappa shape index (κ3) is 3.66. The molecule has 2 aromatic rings. The van der Waals surface area contributed by atoms with Gasteiger partial charge in [-0.15, -0.1) is 0 Å². The van der Waals surface area contributed by atoms with Crippen molar-refractivity contribution in [1.82, 2.24) is 9.47 Å². The van der Waals surface area contributed by atoms with E-state index in [0.717, 1.165) is 16.7 Å². The van der Waals surface area contributed by atoms with Crippen LogP contribution >= 0.6 is 11.8 Å². The quantitative estimate of drug-likeness (QED) is 0.578. The van der Waals surface area contributed by atoms with Crippen LogP contribution in [0, 0.1) is 5.82 Å². The van der Waals surface area contributed by atoms with Gasteiger partial charge in [-0.25, -0.2) is 9.18 Å². The molecule has 8 heteroatoms. The molecule has 0 aliphatic carbocycles. The van der Waals surface area contributed by atoms with Crippen LogP contribution in [-0.2, 0) is 14.3 Å². The number of rotatable bonds is 5. The van der Waals surface area contributed by atoms with Crippen LogP contribution in [0.3, 0.4) is 0 Å². The molecule has 1 aliphatic rings. The largest absolute Gasteiger partial charge is 0.464 e. The molecule has 0 N–H and O–H groups in total. The molecule has 1 saturated heterocycles. The number of hydrogen-bond acceptors (Lipinski definition) is 5. The summed E-state index contributed by atoms with van der Waals surface area (Å²) in [6.07, 6.45) is 3.17. The molecule has 1 atom stereocenters. The second-order valence-corrected chi connectivity index (χ2v) is 6.73. The summed E-state index contributed by atoms with van der Waals surface area (Å²) in [5.41, 5.74) is 0.863. The van der Waals surface area contributed by atoms with Gasteiger partial charge in [-0.1, -0.05) is 12.1 Å². The minimum Gasteiger partial charge on any atom is -0.464 e. The maximum Gasteiger partial charge on any atom is 0.329 e. The van der Waals surface area contributed by atoms with E-state index >= 15 is 0 Å². The van der Waals surface area contributed by atoms with Crippen molar-refractivity contribution in [2.45, 2.75) is 19.9 Å². The average molecular weight is 388 g/mol. The SMILES string of the molecule is CCOC(=O)C(C)N1C(=O)S/C(=C/c2cccn2-c2ccccc2F)C1=O. The van der Waals surface area contributed by atoms with Crippen molar-refractivity contribution in [1.29, 1.82) is 0 Å². The number of nitrogens with zero attached hydrogens (tertiary/aromatic N) is 2. The standard InChI is InChI=1S/C19H17FN2O4S/c1-3-26-18(24)12(2)22-17(23)16(27-19(22)25)11-13-7-6-10-21(13)15-9-5-4-8-14(15)20/h4-12H,3H2,1-2H3/b16-11+. The van der Waals surface area contributed by atoms with Crippen LogP contribution in [0.5, 0.6) is 0 Å². The van der Waals surface area contributed by atoms with Gasteiger partial charge >= 0.3 is 5.97 Å². The third-order valence-corrected chi connectivity index (χ3v) is 4.89. The zero-order chi connectivity index (χ0) is 19.6. The summed E-state index contributed by atoms with van der Waals surface area (Å²) in [6, 6.07) is 8.65. The molecule has 3 rings (SSSR count). The second-order valence-electron chi connectivity index (χ2n) is 5.73. The van der Waals surface area contributed by atoms with Gasteiger partial charge in [-0.3, -0.25) is 14.5 Å². The van der Waals surface area contributed by atoms with E-state index in [9.17, 15) is 18.8 Å². The smallest absolute Gasteiger partial charge is 0.329 e. The molecular formula is C19H17FN2O4S. The van der Waals surface area contributed by atoms with Gasteiger partial charge in [-0.2, -0.15) is 0 Å². The van der Waals surface area contributed by atoms with Crippen molar-refractivity contribution in [3.8, 4) is 5.69 Å². The Hall–Kier alpha value is -2.87. The predicted molar refractivity (Wildman–Crippen MR) is 99.6 cm³/mol. The Morgan fingerprint density at radius 1 is 1.26 bits per heavy atom. The number of halogens is 1. The van der Waals surface area contributed by atoms with Crippen LogP contribution in [-0.4, -0.2) is 39.2 Å². The summed E-state index contributed by atoms with van der Waals surface area (Å²) in [5.74, 6) is -1.63. The van der Waals surface area contributed by atoms with Crippen LogP contribution in [0.1, 0.15) is 19.5 Å². The van der Waals surface area contributed by atoms with Gasteiger partial charge in [0, 0.05) is 11.9 Å². The molecule has 1 aliphatic heterocycles. The molecule has 1 aromatic carbocycles. The van der Waals surface area contributed by atoms with Crippen molar-refractivity contribution < 1.29 is 23.5 Å². The molecule has 0 saturated carbocycles. The monoisotopic (exact) mass is 388 g/mol. The van der Waals surface area contributed by atoms with E-state index in [1.807, 2.05) is 0 Å². The number of benzene rings is 1. The minimum absolute atomic E-state index is 0.158. The molecule has 2 amide bonds. The number of thioether (sulfide) groups is 1. The first-order valence-corrected chi connectivity index (χ1v) is 9.11. The van der Waals surface area contributed by atoms with Gasteiger partial charge in [0.15, 0.2) is 0 Å². The summed E-state index contributed by atoms with van der Waals surface area (Å²) < 4.78 is 20.6. The Balaban J connectivity index is 1.91. The van der Waals surface area contributed by atoms with Gasteiger partial charge < -0.3 is 9.30 Å². The number of carbonyl (C=O) groups is 3. The Morgan fingerprint density at radius 3 is 2.70 bits per heavy atom. The highest BCUT2D eigenvalue weighted by Gasteiger charge is 2.41. The summed E-state index contributed by atoms with van der Waals surface area (Å²) in [4.78, 5) is 37.8. The number of para-hydroxylation sites is 1. The van der Waals surface area contributed by atoms with Crippen molar-refractivity contribution in [2.24, 2.45) is 0 Å². The van der Waals surface area contributed by atoms with Gasteiger partial charge in [0.1, 0.15) is 11.9 Å². The highest BCUT2D eigenvalue weighted by Crippen LogP contribution is 2.34. The molecular weight excluding hydrogens is 371 g/mol. The first-order valence-electron chi connectivity index (χ1n) is 8.30. The molecule has 0 radical (unpaired) electrons. The maximum absolute atomic E-state index is 14.1. The van der Waals surface area contributed by atoms with E-state index in [1.54, 1.807) is 48.0 Å². The van der Waals surface area contributed by atoms with E-state index in [4.69, 9.17) is 4.74 Å². The molecule has 1 unspecified atom stereocenters. The molecule has 2 heterocycles. The number of ether oxygens (including phenoxy) is 1. The van der Waals surface area contributed by atoms with Crippen molar-refractivity contribution in [3.05, 3.63) is 59.0 Å². The summed E-state index contributed by atoms with van der Waals surface area (Å²) in [6.45, 7) is 3.25. The highest BCUT2D eigenvalue weighted by molar-refractivity contribution is 8.18. The lowest BCUT2D eigenvalue weighted by Crippen LogP contribution is -2.42. The third-order valence-electron chi connectivity index (χ3n) is 4.01. The fraction of sp³-hybridized carbons (Fsp3) is 0.211. The molecule has 0 spiro atoms. The van der Waals surface area contributed by atoms with Gasteiger partial charge in [0.05, 0.1) is 17.2 Å².